The maximum Gasteiger partial charge on any atom is 0.105 e. The maximum absolute atomic E-state index is 5.53. The zero-order chi connectivity index (χ0) is 10.5. The third-order valence-electron chi connectivity index (χ3n) is 3.35. The lowest BCUT2D eigenvalue weighted by Crippen LogP contribution is -2.33. The van der Waals surface area contributed by atoms with Crippen LogP contribution in [-0.4, -0.2) is 24.6 Å². The number of nitrogens with one attached hydrogen (secondary N) is 1. The summed E-state index contributed by atoms with van der Waals surface area (Å²) in [4.78, 5) is 5.71. The van der Waals surface area contributed by atoms with Crippen LogP contribution in [0.2, 0.25) is 0 Å². The summed E-state index contributed by atoms with van der Waals surface area (Å²) in [6.07, 6.45) is 7.14. The number of hydrogen-bond acceptors (Lipinski definition) is 2. The zero-order valence-corrected chi connectivity index (χ0v) is 9.28. The minimum absolute atomic E-state index is 0.844. The van der Waals surface area contributed by atoms with Crippen LogP contribution >= 0.6 is 0 Å². The first-order chi connectivity index (χ1) is 7.40. The summed E-state index contributed by atoms with van der Waals surface area (Å²) >= 11 is 0. The Kier molecular flexibility index (Phi) is 3.67. The Morgan fingerprint density at radius 2 is 2.20 bits per heavy atom. The van der Waals surface area contributed by atoms with E-state index >= 15 is 0 Å². The SMILES string of the molecule is NCCCC1CCN(c2ccc[nH]2)CC1. The normalized spacial score (nSPS) is 18.3. The van der Waals surface area contributed by atoms with E-state index in [4.69, 9.17) is 5.73 Å². The maximum atomic E-state index is 5.53. The van der Waals surface area contributed by atoms with E-state index in [1.165, 1.54) is 44.6 Å². The second kappa shape index (κ2) is 5.21. The minimum atomic E-state index is 0.844. The fourth-order valence-corrected chi connectivity index (χ4v) is 2.39. The highest BCUT2D eigenvalue weighted by atomic mass is 15.2. The standard InChI is InChI=1S/C12H21N3/c13-7-1-3-11-5-9-15(10-6-11)12-4-2-8-14-12/h2,4,8,11,14H,1,3,5-7,9-10,13H2. The Hall–Kier alpha value is -0.960. The van der Waals surface area contributed by atoms with E-state index in [9.17, 15) is 0 Å². The van der Waals surface area contributed by atoms with Gasteiger partial charge in [-0.25, -0.2) is 0 Å². The fraction of sp³-hybridized carbons (Fsp3) is 0.667. The summed E-state index contributed by atoms with van der Waals surface area (Å²) in [5, 5.41) is 0. The average molecular weight is 207 g/mol. The molecule has 1 aromatic rings. The molecule has 3 N–H and O–H groups in total. The molecule has 0 aromatic carbocycles. The summed E-state index contributed by atoms with van der Waals surface area (Å²) in [5.74, 6) is 2.17. The van der Waals surface area contributed by atoms with Gasteiger partial charge in [0.15, 0.2) is 0 Å². The van der Waals surface area contributed by atoms with Gasteiger partial charge in [-0.05, 0) is 50.3 Å². The Bertz CT molecular complexity index is 260. The molecule has 0 spiro atoms. The van der Waals surface area contributed by atoms with E-state index in [2.05, 4.69) is 22.0 Å². The lowest BCUT2D eigenvalue weighted by atomic mass is 9.92. The predicted octanol–water partition coefficient (Wildman–Crippen LogP) is 1.97. The Morgan fingerprint density at radius 1 is 1.40 bits per heavy atom. The number of hydrogen-bond donors (Lipinski definition) is 2. The van der Waals surface area contributed by atoms with Gasteiger partial charge in [0.1, 0.15) is 5.82 Å². The lowest BCUT2D eigenvalue weighted by Gasteiger charge is -2.32. The first-order valence-corrected chi connectivity index (χ1v) is 5.98. The molecular weight excluding hydrogens is 186 g/mol. The van der Waals surface area contributed by atoms with E-state index in [0.717, 1.165) is 12.5 Å². The van der Waals surface area contributed by atoms with Gasteiger partial charge in [-0.15, -0.1) is 0 Å². The summed E-state index contributed by atoms with van der Waals surface area (Å²) in [7, 11) is 0. The minimum Gasteiger partial charge on any atom is -0.358 e. The van der Waals surface area contributed by atoms with E-state index < -0.39 is 0 Å². The molecule has 0 bridgehead atoms. The molecule has 1 fully saturated rings. The molecule has 1 aliphatic rings. The molecule has 0 saturated carbocycles. The zero-order valence-electron chi connectivity index (χ0n) is 9.28. The van der Waals surface area contributed by atoms with Crippen molar-refractivity contribution in [2.24, 2.45) is 11.7 Å². The van der Waals surface area contributed by atoms with Gasteiger partial charge in [0, 0.05) is 19.3 Å². The Labute approximate surface area is 91.7 Å². The molecule has 0 aliphatic carbocycles. The van der Waals surface area contributed by atoms with Gasteiger partial charge in [-0.2, -0.15) is 0 Å². The van der Waals surface area contributed by atoms with Crippen molar-refractivity contribution in [2.45, 2.75) is 25.7 Å². The topological polar surface area (TPSA) is 45.0 Å². The van der Waals surface area contributed by atoms with Crippen molar-refractivity contribution in [1.29, 1.82) is 0 Å². The van der Waals surface area contributed by atoms with Crippen molar-refractivity contribution in [3.8, 4) is 0 Å². The molecule has 1 aromatic heterocycles. The van der Waals surface area contributed by atoms with Crippen LogP contribution in [-0.2, 0) is 0 Å². The monoisotopic (exact) mass is 207 g/mol. The second-order valence-corrected chi connectivity index (χ2v) is 4.42. The quantitative estimate of drug-likeness (QED) is 0.793. The van der Waals surface area contributed by atoms with E-state index in [1.807, 2.05) is 6.20 Å². The Balaban J connectivity index is 1.77. The third kappa shape index (κ3) is 2.75. The predicted molar refractivity (Wildman–Crippen MR) is 64.0 cm³/mol. The number of H-pyrrole nitrogens is 1. The summed E-state index contributed by atoms with van der Waals surface area (Å²) in [5.41, 5.74) is 5.53. The van der Waals surface area contributed by atoms with Crippen LogP contribution in [0.4, 0.5) is 5.82 Å². The van der Waals surface area contributed by atoms with Crippen LogP contribution in [0, 0.1) is 5.92 Å². The van der Waals surface area contributed by atoms with Gasteiger partial charge in [-0.1, -0.05) is 0 Å². The molecule has 1 saturated heterocycles. The number of piperidine rings is 1. The van der Waals surface area contributed by atoms with Crippen molar-refractivity contribution in [1.82, 2.24) is 4.98 Å². The van der Waals surface area contributed by atoms with Crippen molar-refractivity contribution in [3.05, 3.63) is 18.3 Å². The molecular formula is C12H21N3. The highest BCUT2D eigenvalue weighted by Gasteiger charge is 2.18. The van der Waals surface area contributed by atoms with E-state index in [-0.39, 0.29) is 0 Å². The molecule has 2 heterocycles. The van der Waals surface area contributed by atoms with Gasteiger partial charge < -0.3 is 15.6 Å². The van der Waals surface area contributed by atoms with Crippen LogP contribution in [0.25, 0.3) is 0 Å². The summed E-state index contributed by atoms with van der Waals surface area (Å²) < 4.78 is 0. The molecule has 3 nitrogen and oxygen atoms in total. The molecule has 0 unspecified atom stereocenters. The molecule has 2 rings (SSSR count). The van der Waals surface area contributed by atoms with Crippen LogP contribution in [0.1, 0.15) is 25.7 Å². The van der Waals surface area contributed by atoms with Crippen molar-refractivity contribution in [2.75, 3.05) is 24.5 Å². The highest BCUT2D eigenvalue weighted by molar-refractivity contribution is 5.38. The lowest BCUT2D eigenvalue weighted by molar-refractivity contribution is 0.374. The Morgan fingerprint density at radius 3 is 2.80 bits per heavy atom. The summed E-state index contributed by atoms with van der Waals surface area (Å²) in [6.45, 7) is 3.22. The van der Waals surface area contributed by atoms with Gasteiger partial charge in [0.2, 0.25) is 0 Å². The van der Waals surface area contributed by atoms with Gasteiger partial charge >= 0.3 is 0 Å². The van der Waals surface area contributed by atoms with Crippen molar-refractivity contribution >= 4 is 5.82 Å². The van der Waals surface area contributed by atoms with Crippen LogP contribution in [0.3, 0.4) is 0 Å². The third-order valence-corrected chi connectivity index (χ3v) is 3.35. The van der Waals surface area contributed by atoms with Gasteiger partial charge in [-0.3, -0.25) is 0 Å². The van der Waals surface area contributed by atoms with Crippen LogP contribution < -0.4 is 10.6 Å². The number of aromatic amines is 1. The number of anilines is 1. The molecule has 1 aliphatic heterocycles. The number of rotatable bonds is 4. The van der Waals surface area contributed by atoms with E-state index in [1.54, 1.807) is 0 Å². The second-order valence-electron chi connectivity index (χ2n) is 4.42. The number of nitrogens with zero attached hydrogens (tertiary/aromatic N) is 1. The first kappa shape index (κ1) is 10.6. The smallest absolute Gasteiger partial charge is 0.105 e. The van der Waals surface area contributed by atoms with Crippen molar-refractivity contribution < 1.29 is 0 Å². The van der Waals surface area contributed by atoms with E-state index in [0.29, 0.717) is 0 Å². The number of nitrogens with two attached hydrogens (primary N) is 1. The molecule has 3 heteroatoms. The molecule has 0 radical (unpaired) electrons. The first-order valence-electron chi connectivity index (χ1n) is 5.98. The molecule has 0 amide bonds. The highest BCUT2D eigenvalue weighted by Crippen LogP contribution is 2.24. The average Bonchev–Trinajstić information content (AvgIpc) is 2.80. The van der Waals surface area contributed by atoms with Crippen LogP contribution in [0.5, 0.6) is 0 Å². The van der Waals surface area contributed by atoms with Crippen LogP contribution in [0.15, 0.2) is 18.3 Å². The summed E-state index contributed by atoms with van der Waals surface area (Å²) in [6, 6.07) is 4.22. The van der Waals surface area contributed by atoms with Gasteiger partial charge in [0.05, 0.1) is 0 Å². The van der Waals surface area contributed by atoms with Crippen molar-refractivity contribution in [3.63, 3.8) is 0 Å². The number of aromatic nitrogens is 1. The fourth-order valence-electron chi connectivity index (χ4n) is 2.39. The molecule has 15 heavy (non-hydrogen) atoms. The van der Waals surface area contributed by atoms with Gasteiger partial charge in [0.25, 0.3) is 0 Å². The largest absolute Gasteiger partial charge is 0.358 e. The molecule has 0 atom stereocenters. The molecule has 84 valence electrons.